The number of morpholine rings is 1. The number of hydrogen-bond donors (Lipinski definition) is 0. The Kier molecular flexibility index (Phi) is 6.09. The van der Waals surface area contributed by atoms with Crippen molar-refractivity contribution in [2.75, 3.05) is 34.4 Å². The third-order valence-corrected chi connectivity index (χ3v) is 3.84. The van der Waals surface area contributed by atoms with Crippen molar-refractivity contribution >= 4 is 12.0 Å². The maximum atomic E-state index is 12.4. The van der Waals surface area contributed by atoms with Gasteiger partial charge in [-0.05, 0) is 37.6 Å². The van der Waals surface area contributed by atoms with E-state index in [1.165, 1.54) is 0 Å². The van der Waals surface area contributed by atoms with Crippen molar-refractivity contribution in [1.29, 1.82) is 0 Å². The smallest absolute Gasteiger partial charge is 0.246 e. The second-order valence-electron chi connectivity index (χ2n) is 5.79. The number of rotatable bonds is 5. The fraction of sp³-hybridized carbons (Fsp3) is 0.500. The van der Waals surface area contributed by atoms with Crippen molar-refractivity contribution in [3.05, 3.63) is 23.8 Å². The molecule has 6 heteroatoms. The van der Waals surface area contributed by atoms with Crippen LogP contribution in [-0.2, 0) is 9.53 Å². The minimum Gasteiger partial charge on any atom is -0.493 e. The fourth-order valence-corrected chi connectivity index (χ4v) is 2.83. The Bertz CT molecular complexity index is 578. The molecule has 0 N–H and O–H groups in total. The van der Waals surface area contributed by atoms with Gasteiger partial charge in [0.2, 0.25) is 11.7 Å². The molecule has 0 aliphatic carbocycles. The van der Waals surface area contributed by atoms with Crippen molar-refractivity contribution < 1.29 is 23.7 Å². The van der Waals surface area contributed by atoms with Crippen LogP contribution in [0, 0.1) is 0 Å². The van der Waals surface area contributed by atoms with Gasteiger partial charge in [0.25, 0.3) is 0 Å². The summed E-state index contributed by atoms with van der Waals surface area (Å²) < 4.78 is 21.6. The summed E-state index contributed by atoms with van der Waals surface area (Å²) in [4.78, 5) is 14.2. The van der Waals surface area contributed by atoms with Crippen molar-refractivity contribution in [1.82, 2.24) is 4.90 Å². The van der Waals surface area contributed by atoms with Gasteiger partial charge in [0.05, 0.1) is 33.5 Å². The molecule has 2 rings (SSSR count). The van der Waals surface area contributed by atoms with Gasteiger partial charge in [-0.15, -0.1) is 0 Å². The molecule has 0 aromatic heterocycles. The monoisotopic (exact) mass is 335 g/mol. The molecule has 0 radical (unpaired) electrons. The molecule has 1 saturated heterocycles. The summed E-state index contributed by atoms with van der Waals surface area (Å²) in [6.45, 7) is 5.14. The zero-order valence-electron chi connectivity index (χ0n) is 14.9. The largest absolute Gasteiger partial charge is 0.493 e. The molecule has 1 aromatic rings. The van der Waals surface area contributed by atoms with Crippen LogP contribution in [0.15, 0.2) is 18.2 Å². The van der Waals surface area contributed by atoms with Crippen LogP contribution in [0.4, 0.5) is 0 Å². The second-order valence-corrected chi connectivity index (χ2v) is 5.79. The van der Waals surface area contributed by atoms with Gasteiger partial charge in [0.15, 0.2) is 11.5 Å². The Morgan fingerprint density at radius 3 is 2.08 bits per heavy atom. The number of hydrogen-bond acceptors (Lipinski definition) is 5. The topological polar surface area (TPSA) is 57.2 Å². The molecule has 1 aliphatic heterocycles. The van der Waals surface area contributed by atoms with Crippen molar-refractivity contribution in [2.24, 2.45) is 0 Å². The van der Waals surface area contributed by atoms with E-state index in [9.17, 15) is 4.79 Å². The van der Waals surface area contributed by atoms with Gasteiger partial charge >= 0.3 is 0 Å². The molecular formula is C18H25NO5. The van der Waals surface area contributed by atoms with Crippen molar-refractivity contribution in [3.8, 4) is 17.2 Å². The third kappa shape index (κ3) is 4.20. The summed E-state index contributed by atoms with van der Waals surface area (Å²) in [6.07, 6.45) is 3.41. The number of nitrogens with zero attached hydrogens (tertiary/aromatic N) is 1. The molecule has 2 atom stereocenters. The van der Waals surface area contributed by atoms with Crippen LogP contribution in [0.2, 0.25) is 0 Å². The highest BCUT2D eigenvalue weighted by molar-refractivity contribution is 5.92. The quantitative estimate of drug-likeness (QED) is 0.773. The van der Waals surface area contributed by atoms with Gasteiger partial charge in [-0.1, -0.05) is 0 Å². The van der Waals surface area contributed by atoms with Crippen LogP contribution < -0.4 is 14.2 Å². The van der Waals surface area contributed by atoms with E-state index >= 15 is 0 Å². The van der Waals surface area contributed by atoms with Crippen molar-refractivity contribution in [2.45, 2.75) is 26.1 Å². The SMILES string of the molecule is COc1cc(/C=C/C(=O)N2C[C@H](C)O[C@@H](C)C2)cc(OC)c1OC. The zero-order valence-corrected chi connectivity index (χ0v) is 14.9. The first-order valence-corrected chi connectivity index (χ1v) is 7.91. The lowest BCUT2D eigenvalue weighted by atomic mass is 10.1. The van der Waals surface area contributed by atoms with Crippen LogP contribution >= 0.6 is 0 Å². The molecule has 6 nitrogen and oxygen atoms in total. The van der Waals surface area contributed by atoms with Gasteiger partial charge in [-0.3, -0.25) is 4.79 Å². The lowest BCUT2D eigenvalue weighted by molar-refractivity contribution is -0.137. The molecule has 1 fully saturated rings. The number of ether oxygens (including phenoxy) is 4. The number of benzene rings is 1. The van der Waals surface area contributed by atoms with E-state index in [1.807, 2.05) is 13.8 Å². The second kappa shape index (κ2) is 8.06. The highest BCUT2D eigenvalue weighted by atomic mass is 16.5. The number of carbonyl (C=O) groups excluding carboxylic acids is 1. The molecule has 1 aromatic carbocycles. The number of amides is 1. The summed E-state index contributed by atoms with van der Waals surface area (Å²) >= 11 is 0. The average Bonchev–Trinajstić information content (AvgIpc) is 2.57. The Balaban J connectivity index is 2.17. The minimum absolute atomic E-state index is 0.0363. The normalized spacial score (nSPS) is 21.0. The minimum atomic E-state index is -0.0363. The predicted molar refractivity (Wildman–Crippen MR) is 91.7 cm³/mol. The lowest BCUT2D eigenvalue weighted by Crippen LogP contribution is -2.47. The summed E-state index contributed by atoms with van der Waals surface area (Å²) in [5.41, 5.74) is 0.798. The molecule has 0 spiro atoms. The molecule has 0 saturated carbocycles. The van der Waals surface area contributed by atoms with E-state index in [0.717, 1.165) is 5.56 Å². The van der Waals surface area contributed by atoms with Crippen LogP contribution in [0.5, 0.6) is 17.2 Å². The van der Waals surface area contributed by atoms with Gasteiger partial charge in [0.1, 0.15) is 0 Å². The molecule has 0 unspecified atom stereocenters. The van der Waals surface area contributed by atoms with Crippen LogP contribution in [0.25, 0.3) is 6.08 Å². The molecule has 24 heavy (non-hydrogen) atoms. The molecule has 0 bridgehead atoms. The van der Waals surface area contributed by atoms with Gasteiger partial charge in [-0.25, -0.2) is 0 Å². The maximum absolute atomic E-state index is 12.4. The molecule has 132 valence electrons. The highest BCUT2D eigenvalue weighted by Gasteiger charge is 2.24. The summed E-state index contributed by atoms with van der Waals surface area (Å²) in [5.74, 6) is 1.60. The first kappa shape index (κ1) is 18.1. The van der Waals surface area contributed by atoms with Gasteiger partial charge in [0, 0.05) is 19.2 Å². The lowest BCUT2D eigenvalue weighted by Gasteiger charge is -2.34. The fourth-order valence-electron chi connectivity index (χ4n) is 2.83. The molecule has 1 amide bonds. The van der Waals surface area contributed by atoms with Crippen LogP contribution in [-0.4, -0.2) is 57.4 Å². The van der Waals surface area contributed by atoms with E-state index in [-0.39, 0.29) is 18.1 Å². The Morgan fingerprint density at radius 2 is 1.62 bits per heavy atom. The average molecular weight is 335 g/mol. The summed E-state index contributed by atoms with van der Waals surface area (Å²) in [7, 11) is 4.68. The van der Waals surface area contributed by atoms with Crippen molar-refractivity contribution in [3.63, 3.8) is 0 Å². The van der Waals surface area contributed by atoms with Crippen LogP contribution in [0.3, 0.4) is 0 Å². The Hall–Kier alpha value is -2.21. The van der Waals surface area contributed by atoms with Crippen LogP contribution in [0.1, 0.15) is 19.4 Å². The van der Waals surface area contributed by atoms with E-state index < -0.39 is 0 Å². The standard InChI is InChI=1S/C18H25NO5/c1-12-10-19(11-13(2)24-12)17(20)7-6-14-8-15(21-3)18(23-5)16(9-14)22-4/h6-9,12-13H,10-11H2,1-5H3/b7-6+/t12-,13-/m0/s1. The Morgan fingerprint density at radius 1 is 1.08 bits per heavy atom. The Labute approximate surface area is 142 Å². The van der Waals surface area contributed by atoms with E-state index in [2.05, 4.69) is 0 Å². The highest BCUT2D eigenvalue weighted by Crippen LogP contribution is 2.38. The zero-order chi connectivity index (χ0) is 17.7. The van der Waals surface area contributed by atoms with E-state index in [1.54, 1.807) is 50.5 Å². The van der Waals surface area contributed by atoms with Gasteiger partial charge < -0.3 is 23.8 Å². The number of carbonyl (C=O) groups is 1. The first-order chi connectivity index (χ1) is 11.5. The third-order valence-electron chi connectivity index (χ3n) is 3.84. The van der Waals surface area contributed by atoms with E-state index in [4.69, 9.17) is 18.9 Å². The summed E-state index contributed by atoms with van der Waals surface area (Å²) in [6, 6.07) is 3.60. The maximum Gasteiger partial charge on any atom is 0.246 e. The molecular weight excluding hydrogens is 310 g/mol. The first-order valence-electron chi connectivity index (χ1n) is 7.91. The molecule has 1 heterocycles. The summed E-state index contributed by atoms with van der Waals surface area (Å²) in [5, 5.41) is 0. The number of methoxy groups -OCH3 is 3. The predicted octanol–water partition coefficient (Wildman–Crippen LogP) is 2.36. The van der Waals surface area contributed by atoms with E-state index in [0.29, 0.717) is 30.3 Å². The van der Waals surface area contributed by atoms with Gasteiger partial charge in [-0.2, -0.15) is 0 Å². The molecule has 1 aliphatic rings.